The molecule has 0 spiro atoms. The monoisotopic (exact) mass is 487 g/mol. The number of nitrogens with zero attached hydrogens (tertiary/aromatic N) is 3. The van der Waals surface area contributed by atoms with Crippen molar-refractivity contribution in [3.05, 3.63) is 72.4 Å². The van der Waals surface area contributed by atoms with Gasteiger partial charge in [-0.05, 0) is 55.7 Å². The van der Waals surface area contributed by atoms with E-state index in [9.17, 15) is 9.59 Å². The molecule has 0 bridgehead atoms. The van der Waals surface area contributed by atoms with Crippen LogP contribution in [0.4, 0.5) is 5.69 Å². The predicted octanol–water partition coefficient (Wildman–Crippen LogP) is 6.64. The van der Waals surface area contributed by atoms with Gasteiger partial charge in [0.15, 0.2) is 0 Å². The lowest BCUT2D eigenvalue weighted by Gasteiger charge is -2.38. The number of para-hydroxylation sites is 2. The van der Waals surface area contributed by atoms with E-state index in [2.05, 4.69) is 11.5 Å². The Balaban J connectivity index is 1.32. The number of hydrogen-bond donors (Lipinski definition) is 0. The van der Waals surface area contributed by atoms with Crippen LogP contribution >= 0.6 is 0 Å². The van der Waals surface area contributed by atoms with Crippen molar-refractivity contribution in [3.63, 3.8) is 0 Å². The summed E-state index contributed by atoms with van der Waals surface area (Å²) < 4.78 is 7.94. The highest BCUT2D eigenvalue weighted by Crippen LogP contribution is 2.42. The first-order chi connectivity index (χ1) is 17.7. The van der Waals surface area contributed by atoms with Crippen molar-refractivity contribution >= 4 is 17.5 Å². The summed E-state index contributed by atoms with van der Waals surface area (Å²) in [7, 11) is 0. The standard InChI is InChI=1S/C30H37N3O3/c1-2-3-4-5-6-7-8-17-28(34)32(23-18-19-23)22-29(35)33-25-14-10-9-13-24(25)31-20-11-15-26(31)30(33)27-16-12-21-36-27/h9-16,20-21,23,30H,2-8,17-19,22H2,1H3. The third-order valence-electron chi connectivity index (χ3n) is 7.41. The number of unbranched alkanes of at least 4 members (excludes halogenated alkanes) is 6. The number of hydrogen-bond acceptors (Lipinski definition) is 3. The second kappa shape index (κ2) is 11.2. The smallest absolute Gasteiger partial charge is 0.247 e. The Hall–Kier alpha value is -3.28. The van der Waals surface area contributed by atoms with Crippen LogP contribution in [-0.2, 0) is 9.59 Å². The fraction of sp³-hybridized carbons (Fsp3) is 0.467. The van der Waals surface area contributed by atoms with Gasteiger partial charge in [0.05, 0.1) is 23.3 Å². The van der Waals surface area contributed by atoms with Crippen molar-refractivity contribution in [3.8, 4) is 5.69 Å². The van der Waals surface area contributed by atoms with Crippen molar-refractivity contribution in [1.82, 2.24) is 9.47 Å². The number of carbonyl (C=O) groups excluding carboxylic acids is 2. The first-order valence-electron chi connectivity index (χ1n) is 13.6. The van der Waals surface area contributed by atoms with Crippen LogP contribution in [-0.4, -0.2) is 33.9 Å². The highest BCUT2D eigenvalue weighted by molar-refractivity contribution is 6.00. The Kier molecular flexibility index (Phi) is 7.59. The summed E-state index contributed by atoms with van der Waals surface area (Å²) in [6, 6.07) is 15.6. The first-order valence-corrected chi connectivity index (χ1v) is 13.6. The Morgan fingerprint density at radius 1 is 0.917 bits per heavy atom. The van der Waals surface area contributed by atoms with Crippen LogP contribution in [0, 0.1) is 0 Å². The van der Waals surface area contributed by atoms with E-state index in [-0.39, 0.29) is 30.4 Å². The number of furan rings is 1. The summed E-state index contributed by atoms with van der Waals surface area (Å²) in [5.41, 5.74) is 2.77. The quantitative estimate of drug-likeness (QED) is 0.269. The SMILES string of the molecule is CCCCCCCCCC(=O)N(CC(=O)N1c2ccccc2-n2cccc2C1c1ccco1)C1CC1. The summed E-state index contributed by atoms with van der Waals surface area (Å²) in [5.74, 6) is 0.754. The lowest BCUT2D eigenvalue weighted by molar-refractivity contribution is -0.136. The molecule has 2 amide bonds. The van der Waals surface area contributed by atoms with E-state index >= 15 is 0 Å². The number of rotatable bonds is 12. The maximum Gasteiger partial charge on any atom is 0.247 e. The van der Waals surface area contributed by atoms with Gasteiger partial charge < -0.3 is 13.9 Å². The van der Waals surface area contributed by atoms with Crippen LogP contribution in [0.5, 0.6) is 0 Å². The molecule has 1 atom stereocenters. The highest BCUT2D eigenvalue weighted by Gasteiger charge is 2.40. The van der Waals surface area contributed by atoms with Crippen molar-refractivity contribution in [2.75, 3.05) is 11.4 Å². The molecule has 36 heavy (non-hydrogen) atoms. The van der Waals surface area contributed by atoms with Gasteiger partial charge in [0.25, 0.3) is 0 Å². The average Bonchev–Trinajstić information content (AvgIpc) is 3.36. The van der Waals surface area contributed by atoms with Crippen LogP contribution in [0.3, 0.4) is 0 Å². The molecule has 3 heterocycles. The van der Waals surface area contributed by atoms with Gasteiger partial charge in [-0.3, -0.25) is 14.5 Å². The zero-order valence-electron chi connectivity index (χ0n) is 21.3. The number of anilines is 1. The molecule has 190 valence electrons. The van der Waals surface area contributed by atoms with Crippen LogP contribution in [0.2, 0.25) is 0 Å². The van der Waals surface area contributed by atoms with E-state index in [0.29, 0.717) is 12.2 Å². The van der Waals surface area contributed by atoms with Crippen LogP contribution in [0.15, 0.2) is 65.4 Å². The zero-order valence-corrected chi connectivity index (χ0v) is 21.3. The minimum absolute atomic E-state index is 0.0730. The van der Waals surface area contributed by atoms with Gasteiger partial charge in [-0.15, -0.1) is 0 Å². The molecule has 5 rings (SSSR count). The van der Waals surface area contributed by atoms with Crippen LogP contribution in [0.1, 0.15) is 88.6 Å². The predicted molar refractivity (Wildman–Crippen MR) is 141 cm³/mol. The zero-order chi connectivity index (χ0) is 24.9. The molecule has 1 saturated carbocycles. The van der Waals surface area contributed by atoms with Crippen molar-refractivity contribution in [2.45, 2.75) is 83.2 Å². The fourth-order valence-electron chi connectivity index (χ4n) is 5.38. The summed E-state index contributed by atoms with van der Waals surface area (Å²) in [6.07, 6.45) is 14.4. The molecule has 1 unspecified atom stereocenters. The molecule has 1 aliphatic carbocycles. The Labute approximate surface area is 213 Å². The van der Waals surface area contributed by atoms with Crippen LogP contribution in [0.25, 0.3) is 5.69 Å². The van der Waals surface area contributed by atoms with Gasteiger partial charge in [0.1, 0.15) is 18.3 Å². The molecule has 6 nitrogen and oxygen atoms in total. The lowest BCUT2D eigenvalue weighted by atomic mass is 10.0. The van der Waals surface area contributed by atoms with E-state index in [1.807, 2.05) is 64.5 Å². The Bertz CT molecular complexity index is 1160. The van der Waals surface area contributed by atoms with E-state index in [4.69, 9.17) is 4.42 Å². The van der Waals surface area contributed by atoms with Crippen molar-refractivity contribution < 1.29 is 14.0 Å². The molecular weight excluding hydrogens is 450 g/mol. The second-order valence-corrected chi connectivity index (χ2v) is 10.1. The molecule has 1 fully saturated rings. The van der Waals surface area contributed by atoms with E-state index in [1.54, 1.807) is 6.26 Å². The van der Waals surface area contributed by atoms with Crippen LogP contribution < -0.4 is 4.90 Å². The fourth-order valence-corrected chi connectivity index (χ4v) is 5.38. The number of amides is 2. The number of fused-ring (bicyclic) bond motifs is 3. The maximum absolute atomic E-state index is 14.0. The first kappa shape index (κ1) is 24.4. The van der Waals surface area contributed by atoms with Gasteiger partial charge in [-0.2, -0.15) is 0 Å². The number of benzene rings is 1. The minimum Gasteiger partial charge on any atom is -0.467 e. The molecule has 0 N–H and O–H groups in total. The molecule has 1 aliphatic heterocycles. The summed E-state index contributed by atoms with van der Waals surface area (Å²) in [4.78, 5) is 30.9. The van der Waals surface area contributed by atoms with E-state index in [1.165, 1.54) is 32.1 Å². The largest absolute Gasteiger partial charge is 0.467 e. The second-order valence-electron chi connectivity index (χ2n) is 10.1. The van der Waals surface area contributed by atoms with Gasteiger partial charge >= 0.3 is 0 Å². The Morgan fingerprint density at radius 2 is 1.67 bits per heavy atom. The summed E-state index contributed by atoms with van der Waals surface area (Å²) >= 11 is 0. The summed E-state index contributed by atoms with van der Waals surface area (Å²) in [6.45, 7) is 2.33. The molecule has 3 aromatic rings. The van der Waals surface area contributed by atoms with E-state index in [0.717, 1.165) is 42.8 Å². The topological polar surface area (TPSA) is 58.7 Å². The van der Waals surface area contributed by atoms with Crippen molar-refractivity contribution in [1.29, 1.82) is 0 Å². The Morgan fingerprint density at radius 3 is 2.39 bits per heavy atom. The van der Waals surface area contributed by atoms with Crippen molar-refractivity contribution in [2.24, 2.45) is 0 Å². The minimum atomic E-state index is -0.378. The maximum atomic E-state index is 14.0. The summed E-state index contributed by atoms with van der Waals surface area (Å²) in [5, 5.41) is 0. The molecule has 0 saturated heterocycles. The molecular formula is C30H37N3O3. The van der Waals surface area contributed by atoms with Gasteiger partial charge in [-0.1, -0.05) is 57.6 Å². The molecule has 2 aliphatic rings. The lowest BCUT2D eigenvalue weighted by Crippen LogP contribution is -2.47. The number of carbonyl (C=O) groups is 2. The third kappa shape index (κ3) is 5.13. The number of aromatic nitrogens is 1. The molecule has 1 aromatic carbocycles. The van der Waals surface area contributed by atoms with E-state index < -0.39 is 0 Å². The normalized spacial score (nSPS) is 16.5. The van der Waals surface area contributed by atoms with Gasteiger partial charge in [-0.25, -0.2) is 0 Å². The molecule has 2 aromatic heterocycles. The van der Waals surface area contributed by atoms with Gasteiger partial charge in [0.2, 0.25) is 11.8 Å². The molecule has 0 radical (unpaired) electrons. The highest BCUT2D eigenvalue weighted by atomic mass is 16.3. The van der Waals surface area contributed by atoms with Gasteiger partial charge in [0, 0.05) is 18.7 Å². The third-order valence-corrected chi connectivity index (χ3v) is 7.41. The average molecular weight is 488 g/mol. The molecule has 6 heteroatoms.